The number of nitrogens with two attached hydrogens (primary N) is 2. The maximum absolute atomic E-state index is 12.3. The van der Waals surface area contributed by atoms with E-state index in [0.717, 1.165) is 36.6 Å². The Morgan fingerprint density at radius 1 is 1.05 bits per heavy atom. The van der Waals surface area contributed by atoms with Crippen LogP contribution in [-0.2, 0) is 9.59 Å². The number of Topliss-reactive ketones (excluding diaryl/α,β-unsaturated/α-hetero) is 1. The molecule has 6 rings (SSSR count). The van der Waals surface area contributed by atoms with Crippen LogP contribution in [0.1, 0.15) is 39.0 Å². The Morgan fingerprint density at radius 3 is 2.41 bits per heavy atom. The highest BCUT2D eigenvalue weighted by Gasteiger charge is 2.50. The molecule has 12 nitrogen and oxygen atoms in total. The summed E-state index contributed by atoms with van der Waals surface area (Å²) in [5.74, 6) is 2.28. The SMILES string of the molecule is C[C@@H]1C(=O)CC2(CCN(c3cnc(Sc4ccnc(Nc5ccnc(N6CCC(C(N)=O)CC6)n5)c4Cl)cn3)CC2)[C@H]1N.Cl. The monoisotopic (exact) mass is 658 g/mol. The lowest BCUT2D eigenvalue weighted by molar-refractivity contribution is -0.122. The molecular weight excluding hydrogens is 623 g/mol. The van der Waals surface area contributed by atoms with Crippen LogP contribution >= 0.6 is 35.8 Å². The molecule has 3 aliphatic rings. The molecule has 0 bridgehead atoms. The summed E-state index contributed by atoms with van der Waals surface area (Å²) in [4.78, 5) is 51.6. The molecule has 5 heterocycles. The van der Waals surface area contributed by atoms with Crippen molar-refractivity contribution in [2.45, 2.75) is 55.0 Å². The van der Waals surface area contributed by atoms with E-state index in [1.165, 1.54) is 11.8 Å². The maximum atomic E-state index is 12.3. The molecule has 1 saturated carbocycles. The molecule has 44 heavy (non-hydrogen) atoms. The third-order valence-corrected chi connectivity index (χ3v) is 10.6. The van der Waals surface area contributed by atoms with E-state index in [1.807, 2.05) is 17.9 Å². The first-order chi connectivity index (χ1) is 20.7. The van der Waals surface area contributed by atoms with Gasteiger partial charge < -0.3 is 26.6 Å². The van der Waals surface area contributed by atoms with Crippen LogP contribution < -0.4 is 26.6 Å². The maximum Gasteiger partial charge on any atom is 0.227 e. The zero-order chi connectivity index (χ0) is 30.1. The van der Waals surface area contributed by atoms with Gasteiger partial charge in [-0.2, -0.15) is 4.98 Å². The van der Waals surface area contributed by atoms with E-state index in [1.54, 1.807) is 30.9 Å². The molecule has 2 atom stereocenters. The van der Waals surface area contributed by atoms with Gasteiger partial charge in [0.25, 0.3) is 0 Å². The number of primary amides is 1. The third kappa shape index (κ3) is 6.56. The fourth-order valence-corrected chi connectivity index (χ4v) is 7.36. The highest BCUT2D eigenvalue weighted by molar-refractivity contribution is 7.99. The van der Waals surface area contributed by atoms with E-state index >= 15 is 0 Å². The van der Waals surface area contributed by atoms with E-state index in [0.29, 0.717) is 60.0 Å². The highest BCUT2D eigenvalue weighted by atomic mass is 35.5. The molecule has 3 aromatic heterocycles. The summed E-state index contributed by atoms with van der Waals surface area (Å²) >= 11 is 8.16. The van der Waals surface area contributed by atoms with Crippen molar-refractivity contribution >= 4 is 70.9 Å². The second-order valence-corrected chi connectivity index (χ2v) is 13.1. The van der Waals surface area contributed by atoms with Crippen molar-refractivity contribution in [3.63, 3.8) is 0 Å². The zero-order valence-electron chi connectivity index (χ0n) is 24.4. The number of piperidine rings is 2. The highest BCUT2D eigenvalue weighted by Crippen LogP contribution is 2.46. The number of aromatic nitrogens is 5. The third-order valence-electron chi connectivity index (χ3n) is 9.12. The van der Waals surface area contributed by atoms with Gasteiger partial charge in [-0.05, 0) is 43.2 Å². The lowest BCUT2D eigenvalue weighted by Gasteiger charge is -2.42. The minimum atomic E-state index is -0.254. The Kier molecular flexibility index (Phi) is 9.78. The topological polar surface area (TPSA) is 169 Å². The molecule has 5 N–H and O–H groups in total. The number of hydrogen-bond donors (Lipinski definition) is 3. The number of amides is 1. The number of carbonyl (C=O) groups excluding carboxylic acids is 2. The van der Waals surface area contributed by atoms with Gasteiger partial charge in [0.1, 0.15) is 22.4 Å². The van der Waals surface area contributed by atoms with Crippen molar-refractivity contribution in [1.29, 1.82) is 0 Å². The number of pyridine rings is 1. The Balaban J connectivity index is 0.00000384. The average Bonchev–Trinajstić information content (AvgIpc) is 3.23. The largest absolute Gasteiger partial charge is 0.369 e. The molecule has 1 spiro atoms. The lowest BCUT2D eigenvalue weighted by Crippen LogP contribution is -2.48. The van der Waals surface area contributed by atoms with E-state index in [2.05, 4.69) is 35.1 Å². The summed E-state index contributed by atoms with van der Waals surface area (Å²) in [5.41, 5.74) is 11.8. The quantitative estimate of drug-likeness (QED) is 0.336. The molecule has 1 aliphatic carbocycles. The van der Waals surface area contributed by atoms with Crippen LogP contribution in [0.4, 0.5) is 23.4 Å². The van der Waals surface area contributed by atoms with E-state index < -0.39 is 0 Å². The molecule has 2 saturated heterocycles. The van der Waals surface area contributed by atoms with Crippen molar-refractivity contribution in [2.75, 3.05) is 41.3 Å². The van der Waals surface area contributed by atoms with Crippen LogP contribution in [-0.4, -0.2) is 68.8 Å². The Labute approximate surface area is 271 Å². The number of anilines is 4. The fraction of sp³-hybridized carbons (Fsp3) is 0.483. The van der Waals surface area contributed by atoms with Crippen molar-refractivity contribution in [3.05, 3.63) is 41.9 Å². The first-order valence-electron chi connectivity index (χ1n) is 14.5. The fourth-order valence-electron chi connectivity index (χ4n) is 6.33. The summed E-state index contributed by atoms with van der Waals surface area (Å²) in [7, 11) is 0. The summed E-state index contributed by atoms with van der Waals surface area (Å²) < 4.78 is 0. The normalized spacial score (nSPS) is 21.8. The summed E-state index contributed by atoms with van der Waals surface area (Å²) in [6.45, 7) is 4.88. The summed E-state index contributed by atoms with van der Waals surface area (Å²) in [6, 6.07) is 3.52. The number of nitrogens with one attached hydrogen (secondary N) is 1. The first kappa shape index (κ1) is 32.1. The van der Waals surface area contributed by atoms with Crippen LogP contribution in [0.25, 0.3) is 0 Å². The smallest absolute Gasteiger partial charge is 0.227 e. The Bertz CT molecular complexity index is 1500. The van der Waals surface area contributed by atoms with E-state index in [-0.39, 0.29) is 47.4 Å². The zero-order valence-corrected chi connectivity index (χ0v) is 26.7. The van der Waals surface area contributed by atoms with Gasteiger partial charge in [-0.1, -0.05) is 30.3 Å². The van der Waals surface area contributed by atoms with Crippen LogP contribution in [0.2, 0.25) is 5.02 Å². The lowest BCUT2D eigenvalue weighted by atomic mass is 9.73. The molecule has 234 valence electrons. The molecule has 2 aliphatic heterocycles. The van der Waals surface area contributed by atoms with Crippen molar-refractivity contribution in [1.82, 2.24) is 24.9 Å². The van der Waals surface area contributed by atoms with E-state index in [4.69, 9.17) is 23.1 Å². The van der Waals surface area contributed by atoms with Crippen molar-refractivity contribution in [3.8, 4) is 0 Å². The van der Waals surface area contributed by atoms with Crippen LogP contribution in [0.5, 0.6) is 0 Å². The first-order valence-corrected chi connectivity index (χ1v) is 15.7. The Hall–Kier alpha value is -3.26. The number of ketones is 1. The van der Waals surface area contributed by atoms with Gasteiger partial charge in [-0.15, -0.1) is 12.4 Å². The summed E-state index contributed by atoms with van der Waals surface area (Å²) in [6.07, 6.45) is 10.6. The van der Waals surface area contributed by atoms with Crippen LogP contribution in [0.15, 0.2) is 46.8 Å². The molecular formula is C29H36Cl2N10O2S. The van der Waals surface area contributed by atoms with Crippen molar-refractivity contribution in [2.24, 2.45) is 28.7 Å². The standard InChI is InChI=1S/C29H35ClN10O2S.ClH/c1-17-19(41)14-29(25(17)31)6-12-39(13-7-29)22-15-36-23(16-35-22)43-20-2-8-33-27(24(20)30)37-21-3-9-34-28(38-21)40-10-4-18(5-11-40)26(32)42;/h2-3,8-9,15-18,25H,4-7,10-14,31H2,1H3,(H2,32,42)(H,33,34,37,38);1H/t17-,25+;/m1./s1. The van der Waals surface area contributed by atoms with E-state index in [9.17, 15) is 9.59 Å². The van der Waals surface area contributed by atoms with Crippen LogP contribution in [0.3, 0.4) is 0 Å². The predicted molar refractivity (Wildman–Crippen MR) is 173 cm³/mol. The van der Waals surface area contributed by atoms with Gasteiger partial charge in [0.2, 0.25) is 11.9 Å². The van der Waals surface area contributed by atoms with Gasteiger partial charge in [0.05, 0.1) is 17.4 Å². The molecule has 1 amide bonds. The van der Waals surface area contributed by atoms with Gasteiger partial charge in [0, 0.05) is 67.8 Å². The van der Waals surface area contributed by atoms with Gasteiger partial charge in [-0.25, -0.2) is 19.9 Å². The number of halogens is 2. The number of nitrogens with zero attached hydrogens (tertiary/aromatic N) is 7. The molecule has 0 radical (unpaired) electrons. The predicted octanol–water partition coefficient (Wildman–Crippen LogP) is 3.86. The molecule has 3 fully saturated rings. The van der Waals surface area contributed by atoms with Crippen LogP contribution in [0, 0.1) is 17.3 Å². The molecule has 15 heteroatoms. The average molecular weight is 660 g/mol. The van der Waals surface area contributed by atoms with Gasteiger partial charge in [0.15, 0.2) is 5.82 Å². The minimum Gasteiger partial charge on any atom is -0.369 e. The summed E-state index contributed by atoms with van der Waals surface area (Å²) in [5, 5.41) is 4.35. The molecule has 0 unspecified atom stereocenters. The Morgan fingerprint density at radius 2 is 1.77 bits per heavy atom. The van der Waals surface area contributed by atoms with Gasteiger partial charge in [-0.3, -0.25) is 9.59 Å². The number of hydrogen-bond acceptors (Lipinski definition) is 12. The molecule has 3 aromatic rings. The number of carbonyl (C=O) groups is 2. The minimum absolute atomic E-state index is 0. The van der Waals surface area contributed by atoms with Gasteiger partial charge >= 0.3 is 0 Å². The molecule has 0 aromatic carbocycles. The second-order valence-electron chi connectivity index (χ2n) is 11.6. The van der Waals surface area contributed by atoms with Crippen molar-refractivity contribution < 1.29 is 9.59 Å². The second kappa shape index (κ2) is 13.4. The number of rotatable bonds is 7.